The fraction of sp³-hybridized carbons (Fsp3) is 0.267. The van der Waals surface area contributed by atoms with Crippen LogP contribution in [-0.4, -0.2) is 47.3 Å². The van der Waals surface area contributed by atoms with Crippen LogP contribution >= 0.6 is 11.8 Å². The van der Waals surface area contributed by atoms with Crippen molar-refractivity contribution in [3.05, 3.63) is 82.3 Å². The molecule has 11 nitrogen and oxygen atoms in total. The quantitative estimate of drug-likeness (QED) is 0.216. The number of aromatic nitrogens is 6. The molecule has 13 heteroatoms. The monoisotopic (exact) mass is 600 g/mol. The van der Waals surface area contributed by atoms with Crippen molar-refractivity contribution >= 4 is 46.1 Å². The van der Waals surface area contributed by atoms with Crippen molar-refractivity contribution in [1.29, 1.82) is 0 Å². The van der Waals surface area contributed by atoms with E-state index in [0.717, 1.165) is 18.4 Å². The zero-order chi connectivity index (χ0) is 30.1. The molecule has 6 rings (SSSR count). The van der Waals surface area contributed by atoms with Crippen LogP contribution in [0.1, 0.15) is 36.3 Å². The van der Waals surface area contributed by atoms with Crippen molar-refractivity contribution in [1.82, 2.24) is 29.3 Å². The second-order valence-corrected chi connectivity index (χ2v) is 11.3. The van der Waals surface area contributed by atoms with E-state index in [9.17, 15) is 9.59 Å². The molecule has 5 aromatic rings. The van der Waals surface area contributed by atoms with E-state index in [1.165, 1.54) is 22.4 Å². The van der Waals surface area contributed by atoms with Gasteiger partial charge in [0.2, 0.25) is 11.9 Å². The summed E-state index contributed by atoms with van der Waals surface area (Å²) in [6.07, 6.45) is 9.14. The van der Waals surface area contributed by atoms with Gasteiger partial charge in [0.15, 0.2) is 5.82 Å². The first kappa shape index (κ1) is 28.3. The van der Waals surface area contributed by atoms with Crippen LogP contribution in [0.3, 0.4) is 0 Å². The molecule has 0 bridgehead atoms. The highest BCUT2D eigenvalue weighted by atomic mass is 32.2. The van der Waals surface area contributed by atoms with Crippen molar-refractivity contribution in [2.24, 2.45) is 7.05 Å². The molecule has 0 atom stereocenters. The molecule has 0 unspecified atom stereocenters. The van der Waals surface area contributed by atoms with E-state index < -0.39 is 17.3 Å². The van der Waals surface area contributed by atoms with Gasteiger partial charge in [0, 0.05) is 36.3 Å². The van der Waals surface area contributed by atoms with Crippen LogP contribution in [0.25, 0.3) is 27.8 Å². The van der Waals surface area contributed by atoms with Crippen LogP contribution in [-0.2, 0) is 23.2 Å². The van der Waals surface area contributed by atoms with Crippen LogP contribution in [0.2, 0.25) is 0 Å². The van der Waals surface area contributed by atoms with Gasteiger partial charge in [0.05, 0.1) is 29.4 Å². The molecular formula is C30H29FN8O3S. The van der Waals surface area contributed by atoms with Gasteiger partial charge >= 0.3 is 5.97 Å². The number of benzene rings is 2. The summed E-state index contributed by atoms with van der Waals surface area (Å²) >= 11 is 1.53. The Hall–Kier alpha value is -4.78. The Morgan fingerprint density at radius 1 is 1.21 bits per heavy atom. The highest BCUT2D eigenvalue weighted by Gasteiger charge is 2.26. The van der Waals surface area contributed by atoms with Crippen LogP contribution in [0.4, 0.5) is 22.0 Å². The van der Waals surface area contributed by atoms with E-state index in [0.29, 0.717) is 39.6 Å². The summed E-state index contributed by atoms with van der Waals surface area (Å²) in [7, 11) is 1.78. The molecule has 0 saturated heterocycles. The molecule has 3 heterocycles. The van der Waals surface area contributed by atoms with Gasteiger partial charge in [-0.3, -0.25) is 18.8 Å². The molecule has 3 aromatic heterocycles. The lowest BCUT2D eigenvalue weighted by molar-refractivity contribution is -0.144. The smallest absolute Gasteiger partial charge is 0.306 e. The number of nitrogens with zero attached hydrogens (tertiary/aromatic N) is 6. The number of nitrogen functional groups attached to an aromatic ring is 1. The topological polar surface area (TPSA) is 143 Å². The maximum atomic E-state index is 15.3. The molecule has 1 aliphatic rings. The number of fused-ring (bicyclic) bond motifs is 1. The molecule has 1 saturated carbocycles. The number of rotatable bonds is 10. The molecule has 1 aliphatic carbocycles. The third-order valence-electron chi connectivity index (χ3n) is 7.18. The molecule has 2 aromatic carbocycles. The number of hydrogen-bond acceptors (Lipinski definition) is 10. The number of esters is 1. The zero-order valence-electron chi connectivity index (χ0n) is 23.6. The minimum atomic E-state index is -0.559. The summed E-state index contributed by atoms with van der Waals surface area (Å²) in [5, 5.41) is 7.72. The predicted molar refractivity (Wildman–Crippen MR) is 164 cm³/mol. The molecule has 43 heavy (non-hydrogen) atoms. The molecule has 0 spiro atoms. The van der Waals surface area contributed by atoms with Gasteiger partial charge in [0.25, 0.3) is 5.56 Å². The van der Waals surface area contributed by atoms with Crippen LogP contribution < -0.4 is 16.6 Å². The Morgan fingerprint density at radius 3 is 2.79 bits per heavy atom. The number of anilines is 3. The number of pyridine rings is 1. The summed E-state index contributed by atoms with van der Waals surface area (Å²) in [5.74, 6) is 0.333. The molecule has 3 N–H and O–H groups in total. The fourth-order valence-corrected chi connectivity index (χ4v) is 5.32. The predicted octanol–water partition coefficient (Wildman–Crippen LogP) is 4.71. The first-order valence-electron chi connectivity index (χ1n) is 13.7. The number of aryl methyl sites for hydroxylation is 1. The first-order valence-corrected chi connectivity index (χ1v) is 15.1. The lowest BCUT2D eigenvalue weighted by atomic mass is 10.0. The van der Waals surface area contributed by atoms with Gasteiger partial charge in [-0.2, -0.15) is 31.8 Å². The average molecular weight is 601 g/mol. The van der Waals surface area contributed by atoms with Gasteiger partial charge in [-0.05, 0) is 54.2 Å². The Morgan fingerprint density at radius 2 is 2.05 bits per heavy atom. The lowest BCUT2D eigenvalue weighted by Gasteiger charge is -2.17. The van der Waals surface area contributed by atoms with Crippen LogP contribution in [0.5, 0.6) is 0 Å². The van der Waals surface area contributed by atoms with E-state index in [1.54, 1.807) is 54.6 Å². The number of nitrogens with two attached hydrogens (primary N) is 1. The number of hydrogen-bond donors (Lipinski definition) is 2. The van der Waals surface area contributed by atoms with Gasteiger partial charge in [-0.1, -0.05) is 18.2 Å². The van der Waals surface area contributed by atoms with E-state index in [2.05, 4.69) is 25.4 Å². The summed E-state index contributed by atoms with van der Waals surface area (Å²) in [4.78, 5) is 39.4. The third-order valence-corrected chi connectivity index (χ3v) is 7.79. The van der Waals surface area contributed by atoms with Crippen molar-refractivity contribution in [2.45, 2.75) is 31.8 Å². The molecule has 0 aliphatic heterocycles. The number of thioether (sulfide) groups is 1. The number of carbonyl (C=O) groups is 1. The van der Waals surface area contributed by atoms with Crippen LogP contribution in [0, 0.1) is 5.82 Å². The van der Waals surface area contributed by atoms with E-state index in [-0.39, 0.29) is 36.1 Å². The normalized spacial score (nSPS) is 12.9. The SMILES string of the molecule is CSCCC(=O)OCc1c(-c2nc(N)nc(Nc3cnn(C)c3)n2)cccc1-n1ccc2cc(C3CC3)cc(F)c2c1=O. The van der Waals surface area contributed by atoms with Crippen molar-refractivity contribution in [2.75, 3.05) is 23.1 Å². The first-order chi connectivity index (χ1) is 20.8. The third kappa shape index (κ3) is 6.07. The van der Waals surface area contributed by atoms with E-state index in [4.69, 9.17) is 10.5 Å². The Balaban J connectivity index is 1.46. The van der Waals surface area contributed by atoms with E-state index >= 15 is 4.39 Å². The largest absolute Gasteiger partial charge is 0.461 e. The number of halogens is 1. The minimum Gasteiger partial charge on any atom is -0.461 e. The minimum absolute atomic E-state index is 0.00687. The molecule has 0 radical (unpaired) electrons. The second kappa shape index (κ2) is 11.8. The average Bonchev–Trinajstić information content (AvgIpc) is 3.76. The molecule has 0 amide bonds. The van der Waals surface area contributed by atoms with Gasteiger partial charge < -0.3 is 15.8 Å². The lowest BCUT2D eigenvalue weighted by Crippen LogP contribution is -2.21. The Labute approximate surface area is 250 Å². The van der Waals surface area contributed by atoms with Crippen molar-refractivity contribution in [3.63, 3.8) is 0 Å². The summed E-state index contributed by atoms with van der Waals surface area (Å²) in [6, 6.07) is 10.2. The van der Waals surface area contributed by atoms with E-state index in [1.807, 2.05) is 12.3 Å². The summed E-state index contributed by atoms with van der Waals surface area (Å²) in [5.41, 5.74) is 8.40. The summed E-state index contributed by atoms with van der Waals surface area (Å²) < 4.78 is 24.0. The number of nitrogens with one attached hydrogen (secondary N) is 1. The molecule has 1 fully saturated rings. The second-order valence-electron chi connectivity index (χ2n) is 10.3. The van der Waals surface area contributed by atoms with Crippen LogP contribution in [0.15, 0.2) is 59.8 Å². The highest BCUT2D eigenvalue weighted by molar-refractivity contribution is 7.98. The highest BCUT2D eigenvalue weighted by Crippen LogP contribution is 2.41. The number of carbonyl (C=O) groups excluding carboxylic acids is 1. The Kier molecular flexibility index (Phi) is 7.80. The van der Waals surface area contributed by atoms with Gasteiger partial charge in [-0.15, -0.1) is 0 Å². The van der Waals surface area contributed by atoms with Crippen molar-refractivity contribution < 1.29 is 13.9 Å². The zero-order valence-corrected chi connectivity index (χ0v) is 24.4. The van der Waals surface area contributed by atoms with Crippen molar-refractivity contribution in [3.8, 4) is 17.1 Å². The van der Waals surface area contributed by atoms with Gasteiger partial charge in [-0.25, -0.2) is 4.39 Å². The Bertz CT molecular complexity index is 1900. The standard InChI is InChI=1S/C30H29FN8O3S/c1-38-15-20(14-33-38)34-30-36-27(35-29(32)37-30)21-4-3-5-24(22(21)16-42-25(40)9-11-43-2)39-10-8-18-12-19(17-6-7-17)13-23(31)26(18)28(39)41/h3-5,8,10,12-15,17H,6-7,9,11,16H2,1-2H3,(H3,32,34,35,36,37). The molecule has 220 valence electrons. The maximum absolute atomic E-state index is 15.3. The molecular weight excluding hydrogens is 571 g/mol. The number of ether oxygens (including phenoxy) is 1. The fourth-order valence-electron chi connectivity index (χ4n) is 4.95. The summed E-state index contributed by atoms with van der Waals surface area (Å²) in [6.45, 7) is -0.177. The maximum Gasteiger partial charge on any atom is 0.306 e. The van der Waals surface area contributed by atoms with Gasteiger partial charge in [0.1, 0.15) is 12.4 Å².